The van der Waals surface area contributed by atoms with Crippen molar-refractivity contribution >= 4 is 29.9 Å². The molecule has 33 heavy (non-hydrogen) atoms. The highest BCUT2D eigenvalue weighted by Gasteiger charge is 2.42. The molecule has 0 amide bonds. The summed E-state index contributed by atoms with van der Waals surface area (Å²) >= 11 is 0. The summed E-state index contributed by atoms with van der Waals surface area (Å²) in [5, 5.41) is 12.2. The van der Waals surface area contributed by atoms with E-state index in [0.717, 1.165) is 101 Å². The quantitative estimate of drug-likeness (QED) is 0.313. The van der Waals surface area contributed by atoms with Crippen molar-refractivity contribution in [2.24, 2.45) is 23.9 Å². The van der Waals surface area contributed by atoms with Crippen LogP contribution < -0.4 is 5.32 Å². The number of rotatable bonds is 6. The maximum atomic E-state index is 5.48. The van der Waals surface area contributed by atoms with Crippen molar-refractivity contribution in [1.82, 2.24) is 34.8 Å². The minimum atomic E-state index is 0. The van der Waals surface area contributed by atoms with Crippen LogP contribution >= 0.6 is 24.0 Å². The van der Waals surface area contributed by atoms with E-state index in [4.69, 9.17) is 9.73 Å². The van der Waals surface area contributed by atoms with Crippen LogP contribution in [0.5, 0.6) is 0 Å². The number of hydrogen-bond donors (Lipinski definition) is 1. The second-order valence-corrected chi connectivity index (χ2v) is 10.0. The summed E-state index contributed by atoms with van der Waals surface area (Å²) in [4.78, 5) is 12.7. The van der Waals surface area contributed by atoms with Crippen LogP contribution in [0.3, 0.4) is 0 Å². The zero-order chi connectivity index (χ0) is 21.9. The molecule has 9 nitrogen and oxygen atoms in total. The molecule has 3 atom stereocenters. The lowest BCUT2D eigenvalue weighted by atomic mass is 9.93. The van der Waals surface area contributed by atoms with Gasteiger partial charge in [-0.1, -0.05) is 6.42 Å². The maximum absolute atomic E-state index is 5.48. The first kappa shape index (κ1) is 25.1. The predicted octanol–water partition coefficient (Wildman–Crippen LogP) is 1.33. The molecule has 3 unspecified atom stereocenters. The van der Waals surface area contributed by atoms with Gasteiger partial charge >= 0.3 is 0 Å². The largest absolute Gasteiger partial charge is 0.379 e. The molecule has 0 aromatic carbocycles. The van der Waals surface area contributed by atoms with E-state index in [1.165, 1.54) is 25.7 Å². The number of aromatic nitrogens is 3. The Labute approximate surface area is 215 Å². The molecule has 2 bridgehead atoms. The summed E-state index contributed by atoms with van der Waals surface area (Å²) in [7, 11) is 2.01. The number of nitrogens with zero attached hydrogens (tertiary/aromatic N) is 7. The lowest BCUT2D eigenvalue weighted by molar-refractivity contribution is 0.0387. The molecule has 10 heteroatoms. The van der Waals surface area contributed by atoms with E-state index in [2.05, 4.69) is 30.2 Å². The molecule has 4 fully saturated rings. The molecule has 0 radical (unpaired) electrons. The van der Waals surface area contributed by atoms with Crippen LogP contribution in [0.1, 0.15) is 37.3 Å². The number of halogens is 1. The van der Waals surface area contributed by atoms with Crippen molar-refractivity contribution in [3.8, 4) is 0 Å². The summed E-state index contributed by atoms with van der Waals surface area (Å²) in [6.07, 6.45) is 5.86. The van der Waals surface area contributed by atoms with Crippen LogP contribution in [-0.4, -0.2) is 107 Å². The Morgan fingerprint density at radius 2 is 1.85 bits per heavy atom. The fraction of sp³-hybridized carbons (Fsp3) is 0.870. The number of ether oxygens (including phenoxy) is 1. The molecular formula is C23H41IN8O. The lowest BCUT2D eigenvalue weighted by Crippen LogP contribution is -2.56. The summed E-state index contributed by atoms with van der Waals surface area (Å²) < 4.78 is 7.51. The number of fused-ring (bicyclic) bond motifs is 2. The van der Waals surface area contributed by atoms with E-state index in [1.807, 2.05) is 18.5 Å². The smallest absolute Gasteiger partial charge is 0.194 e. The Morgan fingerprint density at radius 1 is 1.06 bits per heavy atom. The normalized spacial score (nSPS) is 28.8. The summed E-state index contributed by atoms with van der Waals surface area (Å²) in [5.41, 5.74) is 0. The lowest BCUT2D eigenvalue weighted by Gasteiger charge is -2.42. The van der Waals surface area contributed by atoms with Gasteiger partial charge in [0, 0.05) is 65.4 Å². The fourth-order valence-corrected chi connectivity index (χ4v) is 6.08. The van der Waals surface area contributed by atoms with Gasteiger partial charge in [-0.3, -0.25) is 9.80 Å². The van der Waals surface area contributed by atoms with Gasteiger partial charge in [0.05, 0.1) is 13.2 Å². The van der Waals surface area contributed by atoms with E-state index in [0.29, 0.717) is 6.54 Å². The zero-order valence-corrected chi connectivity index (χ0v) is 22.6. The highest BCUT2D eigenvalue weighted by molar-refractivity contribution is 14.0. The third kappa shape index (κ3) is 5.99. The maximum Gasteiger partial charge on any atom is 0.194 e. The number of aryl methyl sites for hydroxylation is 1. The number of aliphatic imine (C=N–C) groups is 1. The van der Waals surface area contributed by atoms with Crippen LogP contribution in [0.25, 0.3) is 0 Å². The molecule has 1 aromatic rings. The molecular weight excluding hydrogens is 531 g/mol. The summed E-state index contributed by atoms with van der Waals surface area (Å²) in [6.45, 7) is 12.6. The fourth-order valence-electron chi connectivity index (χ4n) is 6.08. The minimum Gasteiger partial charge on any atom is -0.379 e. The summed E-state index contributed by atoms with van der Waals surface area (Å²) in [6, 6.07) is 0.840. The SMILES string of the molecule is Cc1nnc(CN=C(NCCN2CCOCC2)N2CCN(C3CC4CCC3C4)CC2)n1C.I. The van der Waals surface area contributed by atoms with Crippen molar-refractivity contribution < 1.29 is 4.74 Å². The van der Waals surface area contributed by atoms with Crippen molar-refractivity contribution in [2.45, 2.75) is 45.2 Å². The van der Waals surface area contributed by atoms with Crippen LogP contribution in [0.2, 0.25) is 0 Å². The molecule has 186 valence electrons. The second-order valence-electron chi connectivity index (χ2n) is 10.0. The van der Waals surface area contributed by atoms with E-state index in [1.54, 1.807) is 0 Å². The molecule has 5 rings (SSSR count). The van der Waals surface area contributed by atoms with Crippen molar-refractivity contribution in [3.63, 3.8) is 0 Å². The van der Waals surface area contributed by atoms with Crippen molar-refractivity contribution in [3.05, 3.63) is 11.6 Å². The van der Waals surface area contributed by atoms with E-state index in [9.17, 15) is 0 Å². The molecule has 0 spiro atoms. The van der Waals surface area contributed by atoms with Crippen molar-refractivity contribution in [1.29, 1.82) is 0 Å². The van der Waals surface area contributed by atoms with Gasteiger partial charge in [-0.05, 0) is 38.0 Å². The van der Waals surface area contributed by atoms with Crippen LogP contribution in [0.15, 0.2) is 4.99 Å². The highest BCUT2D eigenvalue weighted by Crippen LogP contribution is 2.46. The van der Waals surface area contributed by atoms with E-state index >= 15 is 0 Å². The third-order valence-corrected chi connectivity index (χ3v) is 8.15. The number of piperazine rings is 1. The minimum absolute atomic E-state index is 0. The standard InChI is InChI=1S/C23H40N8O.HI/c1-18-26-27-22(28(18)2)17-25-23(24-5-6-29-11-13-32-14-12-29)31-9-7-30(8-10-31)21-16-19-3-4-20(21)15-19;/h19-21H,3-17H2,1-2H3,(H,24,25);1H. The average molecular weight is 573 g/mol. The van der Waals surface area contributed by atoms with Gasteiger partial charge in [0.25, 0.3) is 0 Å². The topological polar surface area (TPSA) is 74.0 Å². The second kappa shape index (κ2) is 11.6. The zero-order valence-electron chi connectivity index (χ0n) is 20.3. The molecule has 3 heterocycles. The van der Waals surface area contributed by atoms with Gasteiger partial charge in [-0.2, -0.15) is 0 Å². The third-order valence-electron chi connectivity index (χ3n) is 8.15. The van der Waals surface area contributed by atoms with Gasteiger partial charge in [-0.25, -0.2) is 4.99 Å². The van der Waals surface area contributed by atoms with E-state index in [-0.39, 0.29) is 24.0 Å². The van der Waals surface area contributed by atoms with Gasteiger partial charge in [-0.15, -0.1) is 34.2 Å². The molecule has 1 N–H and O–H groups in total. The summed E-state index contributed by atoms with van der Waals surface area (Å²) in [5.74, 6) is 4.83. The van der Waals surface area contributed by atoms with Gasteiger partial charge in [0.2, 0.25) is 0 Å². The Balaban J connectivity index is 0.00000259. The monoisotopic (exact) mass is 572 g/mol. The number of nitrogens with one attached hydrogen (secondary N) is 1. The molecule has 4 aliphatic rings. The highest BCUT2D eigenvalue weighted by atomic mass is 127. The molecule has 1 aromatic heterocycles. The van der Waals surface area contributed by atoms with Gasteiger partial charge in [0.1, 0.15) is 12.4 Å². The van der Waals surface area contributed by atoms with Crippen LogP contribution in [0.4, 0.5) is 0 Å². The number of morpholine rings is 1. The van der Waals surface area contributed by atoms with Crippen molar-refractivity contribution in [2.75, 3.05) is 65.6 Å². The van der Waals surface area contributed by atoms with E-state index < -0.39 is 0 Å². The van der Waals surface area contributed by atoms with Crippen LogP contribution in [-0.2, 0) is 18.3 Å². The van der Waals surface area contributed by atoms with Gasteiger partial charge in [0.15, 0.2) is 11.8 Å². The predicted molar refractivity (Wildman–Crippen MR) is 140 cm³/mol. The Kier molecular flexibility index (Phi) is 8.86. The molecule has 2 saturated carbocycles. The first-order valence-electron chi connectivity index (χ1n) is 12.6. The molecule has 2 saturated heterocycles. The molecule has 2 aliphatic heterocycles. The molecule has 2 aliphatic carbocycles. The Morgan fingerprint density at radius 3 is 2.48 bits per heavy atom. The number of guanidine groups is 1. The Hall–Kier alpha value is -0.980. The first-order valence-corrected chi connectivity index (χ1v) is 12.6. The Bertz CT molecular complexity index is 787. The average Bonchev–Trinajstić information content (AvgIpc) is 3.55. The first-order chi connectivity index (χ1) is 15.7. The number of hydrogen-bond acceptors (Lipinski definition) is 6. The van der Waals surface area contributed by atoms with Crippen LogP contribution in [0, 0.1) is 18.8 Å². The van der Waals surface area contributed by atoms with Gasteiger partial charge < -0.3 is 19.5 Å².